The second kappa shape index (κ2) is 7.47. The van der Waals surface area contributed by atoms with Gasteiger partial charge in [0.05, 0.1) is 17.1 Å². The average molecular weight is 352 g/mol. The Morgan fingerprint density at radius 2 is 2.00 bits per heavy atom. The van der Waals surface area contributed by atoms with E-state index in [0.717, 1.165) is 4.68 Å². The second-order valence-electron chi connectivity index (χ2n) is 5.42. The van der Waals surface area contributed by atoms with Crippen molar-refractivity contribution >= 4 is 23.0 Å². The number of hydrogen-bond acceptors (Lipinski definition) is 6. The highest BCUT2D eigenvalue weighted by atomic mass is 16.6. The van der Waals surface area contributed by atoms with Crippen molar-refractivity contribution in [1.82, 2.24) is 9.66 Å². The van der Waals surface area contributed by atoms with Gasteiger partial charge in [-0.2, -0.15) is 0 Å². The smallest absolute Gasteiger partial charge is 0.280 e. The molecule has 0 radical (unpaired) electrons. The van der Waals surface area contributed by atoms with Crippen LogP contribution in [0.15, 0.2) is 58.5 Å². The lowest BCUT2D eigenvalue weighted by Gasteiger charge is -2.11. The quantitative estimate of drug-likeness (QED) is 0.535. The van der Waals surface area contributed by atoms with Gasteiger partial charge >= 0.3 is 0 Å². The van der Waals surface area contributed by atoms with Crippen molar-refractivity contribution in [3.8, 4) is 5.75 Å². The molecule has 3 aromatic rings. The van der Waals surface area contributed by atoms with Gasteiger partial charge in [-0.1, -0.05) is 29.4 Å². The van der Waals surface area contributed by atoms with Crippen LogP contribution in [0, 0.1) is 6.92 Å². The zero-order chi connectivity index (χ0) is 18.5. The lowest BCUT2D eigenvalue weighted by atomic mass is 10.2. The first-order valence-corrected chi connectivity index (χ1v) is 7.78. The Morgan fingerprint density at radius 3 is 2.81 bits per heavy atom. The topological polar surface area (TPSA) is 106 Å². The number of amides is 1. The highest BCUT2D eigenvalue weighted by molar-refractivity contribution is 5.86. The SMILES string of the molecule is Cc1nc2ccccc2c(=O)n1NC(=O)CON=Cc1ccccc1O. The van der Waals surface area contributed by atoms with Gasteiger partial charge in [0, 0.05) is 5.56 Å². The van der Waals surface area contributed by atoms with Gasteiger partial charge in [0.25, 0.3) is 11.5 Å². The predicted molar refractivity (Wildman–Crippen MR) is 96.8 cm³/mol. The lowest BCUT2D eigenvalue weighted by molar-refractivity contribution is -0.121. The van der Waals surface area contributed by atoms with Crippen molar-refractivity contribution in [2.75, 3.05) is 12.0 Å². The zero-order valence-electron chi connectivity index (χ0n) is 13.9. The van der Waals surface area contributed by atoms with Gasteiger partial charge in [-0.15, -0.1) is 0 Å². The summed E-state index contributed by atoms with van der Waals surface area (Å²) in [6.07, 6.45) is 1.29. The van der Waals surface area contributed by atoms with E-state index >= 15 is 0 Å². The standard InChI is InChI=1S/C18H16N4O4/c1-12-20-15-8-4-3-7-14(15)18(25)22(12)21-17(24)11-26-19-10-13-6-2-5-9-16(13)23/h2-10,23H,11H2,1H3,(H,21,24). The van der Waals surface area contributed by atoms with Gasteiger partial charge in [0.15, 0.2) is 6.61 Å². The molecule has 0 saturated heterocycles. The number of rotatable bonds is 5. The molecular weight excluding hydrogens is 336 g/mol. The molecule has 0 spiro atoms. The molecule has 0 saturated carbocycles. The van der Waals surface area contributed by atoms with Crippen molar-refractivity contribution in [2.45, 2.75) is 6.92 Å². The van der Waals surface area contributed by atoms with Gasteiger partial charge in [0.1, 0.15) is 11.6 Å². The molecule has 1 amide bonds. The Balaban J connectivity index is 1.66. The van der Waals surface area contributed by atoms with Crippen LogP contribution < -0.4 is 11.0 Å². The van der Waals surface area contributed by atoms with Crippen LogP contribution in [0.5, 0.6) is 5.75 Å². The molecule has 2 aromatic carbocycles. The minimum Gasteiger partial charge on any atom is -0.507 e. The third-order valence-corrected chi connectivity index (χ3v) is 3.58. The van der Waals surface area contributed by atoms with Gasteiger partial charge in [-0.05, 0) is 31.2 Å². The van der Waals surface area contributed by atoms with E-state index < -0.39 is 12.5 Å². The maximum atomic E-state index is 12.4. The number of phenols is 1. The van der Waals surface area contributed by atoms with E-state index in [1.807, 2.05) is 0 Å². The molecule has 0 bridgehead atoms. The van der Waals surface area contributed by atoms with E-state index in [1.165, 1.54) is 12.3 Å². The molecule has 3 rings (SSSR count). The van der Waals surface area contributed by atoms with E-state index in [2.05, 4.69) is 15.6 Å². The molecule has 0 fully saturated rings. The maximum absolute atomic E-state index is 12.4. The van der Waals surface area contributed by atoms with Crippen LogP contribution in [-0.2, 0) is 9.63 Å². The fraction of sp³-hybridized carbons (Fsp3) is 0.111. The number of phenolic OH excluding ortho intramolecular Hbond substituents is 1. The normalized spacial score (nSPS) is 11.0. The molecule has 0 aliphatic rings. The van der Waals surface area contributed by atoms with E-state index in [1.54, 1.807) is 49.4 Å². The molecule has 0 aliphatic carbocycles. The van der Waals surface area contributed by atoms with E-state index in [0.29, 0.717) is 22.3 Å². The highest BCUT2D eigenvalue weighted by Gasteiger charge is 2.10. The fourth-order valence-electron chi connectivity index (χ4n) is 2.32. The van der Waals surface area contributed by atoms with Crippen molar-refractivity contribution in [2.24, 2.45) is 5.16 Å². The second-order valence-corrected chi connectivity index (χ2v) is 5.42. The van der Waals surface area contributed by atoms with E-state index in [-0.39, 0.29) is 11.3 Å². The third kappa shape index (κ3) is 3.69. The Hall–Kier alpha value is -3.68. The van der Waals surface area contributed by atoms with E-state index in [9.17, 15) is 14.7 Å². The maximum Gasteiger partial charge on any atom is 0.280 e. The molecular formula is C18H16N4O4. The summed E-state index contributed by atoms with van der Waals surface area (Å²) in [6, 6.07) is 13.4. The minimum absolute atomic E-state index is 0.0497. The molecule has 2 N–H and O–H groups in total. The number of benzene rings is 2. The molecule has 8 nitrogen and oxygen atoms in total. The number of para-hydroxylation sites is 2. The molecule has 132 valence electrons. The minimum atomic E-state index is -0.568. The first kappa shape index (κ1) is 17.2. The molecule has 8 heteroatoms. The largest absolute Gasteiger partial charge is 0.507 e. The summed E-state index contributed by atoms with van der Waals surface area (Å²) in [5.41, 5.74) is 3.08. The van der Waals surface area contributed by atoms with Gasteiger partial charge in [-0.3, -0.25) is 15.0 Å². The summed E-state index contributed by atoms with van der Waals surface area (Å²) in [7, 11) is 0. The molecule has 1 heterocycles. The monoisotopic (exact) mass is 352 g/mol. The Labute approximate surface area is 148 Å². The summed E-state index contributed by atoms with van der Waals surface area (Å²) >= 11 is 0. The molecule has 0 atom stereocenters. The first-order chi connectivity index (χ1) is 12.6. The fourth-order valence-corrected chi connectivity index (χ4v) is 2.32. The highest BCUT2D eigenvalue weighted by Crippen LogP contribution is 2.12. The first-order valence-electron chi connectivity index (χ1n) is 7.78. The number of oxime groups is 1. The Kier molecular flexibility index (Phi) is 4.93. The van der Waals surface area contributed by atoms with Crippen LogP contribution in [0.2, 0.25) is 0 Å². The van der Waals surface area contributed by atoms with Crippen molar-refractivity contribution < 1.29 is 14.7 Å². The third-order valence-electron chi connectivity index (χ3n) is 3.58. The number of carbonyl (C=O) groups excluding carboxylic acids is 1. The zero-order valence-corrected chi connectivity index (χ0v) is 13.9. The number of aromatic hydroxyl groups is 1. The number of aromatic nitrogens is 2. The number of fused-ring (bicyclic) bond motifs is 1. The summed E-state index contributed by atoms with van der Waals surface area (Å²) in [5, 5.41) is 13.6. The van der Waals surface area contributed by atoms with Crippen LogP contribution >= 0.6 is 0 Å². The molecule has 0 unspecified atom stereocenters. The van der Waals surface area contributed by atoms with Gasteiger partial charge < -0.3 is 9.94 Å². The Morgan fingerprint density at radius 1 is 1.27 bits per heavy atom. The van der Waals surface area contributed by atoms with Crippen LogP contribution in [0.4, 0.5) is 0 Å². The number of hydrogen-bond donors (Lipinski definition) is 2. The number of nitrogens with zero attached hydrogens (tertiary/aromatic N) is 3. The molecule has 0 aliphatic heterocycles. The van der Waals surface area contributed by atoms with Crippen molar-refractivity contribution in [1.29, 1.82) is 0 Å². The molecule has 26 heavy (non-hydrogen) atoms. The van der Waals surface area contributed by atoms with Crippen LogP contribution in [-0.4, -0.2) is 33.5 Å². The van der Waals surface area contributed by atoms with Crippen molar-refractivity contribution in [3.63, 3.8) is 0 Å². The van der Waals surface area contributed by atoms with E-state index in [4.69, 9.17) is 4.84 Å². The summed E-state index contributed by atoms with van der Waals surface area (Å²) in [6.45, 7) is 1.22. The predicted octanol–water partition coefficient (Wildman–Crippen LogP) is 1.53. The van der Waals surface area contributed by atoms with Crippen LogP contribution in [0.25, 0.3) is 10.9 Å². The average Bonchev–Trinajstić information content (AvgIpc) is 2.63. The van der Waals surface area contributed by atoms with Crippen LogP contribution in [0.3, 0.4) is 0 Å². The summed E-state index contributed by atoms with van der Waals surface area (Å²) < 4.78 is 1.07. The van der Waals surface area contributed by atoms with Gasteiger partial charge in [0.2, 0.25) is 0 Å². The Bertz CT molecular complexity index is 1040. The number of nitrogens with one attached hydrogen (secondary N) is 1. The molecule has 1 aromatic heterocycles. The lowest BCUT2D eigenvalue weighted by Crippen LogP contribution is -2.37. The van der Waals surface area contributed by atoms with Crippen LogP contribution in [0.1, 0.15) is 11.4 Å². The summed E-state index contributed by atoms with van der Waals surface area (Å²) in [5.74, 6) is -0.171. The number of carbonyl (C=O) groups is 1. The van der Waals surface area contributed by atoms with Crippen molar-refractivity contribution in [3.05, 3.63) is 70.3 Å². The van der Waals surface area contributed by atoms with Gasteiger partial charge in [-0.25, -0.2) is 9.66 Å². The number of aryl methyl sites for hydroxylation is 1. The summed E-state index contributed by atoms with van der Waals surface area (Å²) in [4.78, 5) is 33.6.